The number of anilines is 1. The normalized spacial score (nSPS) is 11.9. The van der Waals surface area contributed by atoms with Gasteiger partial charge in [0.1, 0.15) is 5.69 Å². The molecule has 0 amide bonds. The predicted octanol–water partition coefficient (Wildman–Crippen LogP) is 2.27. The maximum Gasteiger partial charge on any atom is 0.292 e. The van der Waals surface area contributed by atoms with Crippen LogP contribution in [-0.4, -0.2) is 23.6 Å². The molecular formula is C12H16N2O3. The van der Waals surface area contributed by atoms with Crippen molar-refractivity contribution in [1.82, 2.24) is 0 Å². The number of benzene rings is 1. The van der Waals surface area contributed by atoms with Gasteiger partial charge in [0.2, 0.25) is 0 Å². The number of nitro groups is 1. The summed E-state index contributed by atoms with van der Waals surface area (Å²) >= 11 is 0. The van der Waals surface area contributed by atoms with E-state index < -0.39 is 11.0 Å². The lowest BCUT2D eigenvalue weighted by atomic mass is 10.1. The molecule has 92 valence electrons. The van der Waals surface area contributed by atoms with E-state index in [1.807, 2.05) is 0 Å². The third-order valence-electron chi connectivity index (χ3n) is 2.49. The molecule has 5 nitrogen and oxygen atoms in total. The molecule has 0 heterocycles. The van der Waals surface area contributed by atoms with Crippen molar-refractivity contribution in [1.29, 1.82) is 0 Å². The Balaban J connectivity index is 3.21. The molecule has 0 saturated carbocycles. The highest BCUT2D eigenvalue weighted by Crippen LogP contribution is 2.30. The number of hydrogen-bond donors (Lipinski definition) is 1. The minimum atomic E-state index is -0.715. The lowest BCUT2D eigenvalue weighted by Gasteiger charge is -2.17. The van der Waals surface area contributed by atoms with Crippen molar-refractivity contribution in [2.45, 2.75) is 13.0 Å². The Bertz CT molecular complexity index is 430. The highest BCUT2D eigenvalue weighted by Gasteiger charge is 2.18. The largest absolute Gasteiger partial charge is 0.389 e. The smallest absolute Gasteiger partial charge is 0.292 e. The number of nitrogens with zero attached hydrogens (tertiary/aromatic N) is 2. The van der Waals surface area contributed by atoms with Crippen molar-refractivity contribution in [3.63, 3.8) is 0 Å². The highest BCUT2D eigenvalue weighted by atomic mass is 16.6. The van der Waals surface area contributed by atoms with Crippen molar-refractivity contribution in [3.8, 4) is 0 Å². The Hall–Kier alpha value is -1.88. The molecule has 0 aliphatic rings. The van der Waals surface area contributed by atoms with Gasteiger partial charge in [-0.3, -0.25) is 10.1 Å². The molecule has 0 bridgehead atoms. The summed E-state index contributed by atoms with van der Waals surface area (Å²) < 4.78 is 0. The van der Waals surface area contributed by atoms with Crippen LogP contribution in [0.5, 0.6) is 0 Å². The van der Waals surface area contributed by atoms with E-state index in [-0.39, 0.29) is 5.69 Å². The first kappa shape index (κ1) is 13.2. The first-order chi connectivity index (χ1) is 7.97. The van der Waals surface area contributed by atoms with Gasteiger partial charge < -0.3 is 10.0 Å². The van der Waals surface area contributed by atoms with Crippen LogP contribution in [0.4, 0.5) is 11.4 Å². The van der Waals surface area contributed by atoms with E-state index >= 15 is 0 Å². The van der Waals surface area contributed by atoms with Crippen molar-refractivity contribution in [2.75, 3.05) is 18.5 Å². The lowest BCUT2D eigenvalue weighted by Crippen LogP contribution is -2.18. The Morgan fingerprint density at radius 3 is 2.76 bits per heavy atom. The lowest BCUT2D eigenvalue weighted by molar-refractivity contribution is -0.384. The van der Waals surface area contributed by atoms with Crippen LogP contribution in [-0.2, 0) is 0 Å². The van der Waals surface area contributed by atoms with Gasteiger partial charge in [0.15, 0.2) is 0 Å². The average molecular weight is 236 g/mol. The SMILES string of the molecule is C=CCN(C)c1ccc([C@@H](C)O)cc1[N+](=O)[O-]. The van der Waals surface area contributed by atoms with Crippen LogP contribution in [0.25, 0.3) is 0 Å². The van der Waals surface area contributed by atoms with E-state index in [9.17, 15) is 15.2 Å². The van der Waals surface area contributed by atoms with E-state index in [0.717, 1.165) is 0 Å². The third kappa shape index (κ3) is 3.04. The molecule has 0 aliphatic heterocycles. The molecule has 1 aromatic carbocycles. The van der Waals surface area contributed by atoms with Gasteiger partial charge in [-0.15, -0.1) is 6.58 Å². The number of aliphatic hydroxyl groups is 1. The number of rotatable bonds is 5. The molecule has 1 aromatic rings. The maximum absolute atomic E-state index is 11.0. The van der Waals surface area contributed by atoms with Crippen LogP contribution in [0.1, 0.15) is 18.6 Å². The van der Waals surface area contributed by atoms with Gasteiger partial charge in [-0.05, 0) is 18.6 Å². The fourth-order valence-electron chi connectivity index (χ4n) is 1.56. The molecule has 0 fully saturated rings. The van der Waals surface area contributed by atoms with E-state index in [4.69, 9.17) is 0 Å². The van der Waals surface area contributed by atoms with Crippen molar-refractivity contribution >= 4 is 11.4 Å². The topological polar surface area (TPSA) is 66.6 Å². The van der Waals surface area contributed by atoms with Gasteiger partial charge in [-0.2, -0.15) is 0 Å². The molecule has 1 atom stereocenters. The monoisotopic (exact) mass is 236 g/mol. The van der Waals surface area contributed by atoms with Crippen LogP contribution >= 0.6 is 0 Å². The maximum atomic E-state index is 11.0. The molecular weight excluding hydrogens is 220 g/mol. The van der Waals surface area contributed by atoms with Gasteiger partial charge in [0.05, 0.1) is 11.0 Å². The number of nitro benzene ring substituents is 1. The summed E-state index contributed by atoms with van der Waals surface area (Å²) in [5, 5.41) is 20.4. The third-order valence-corrected chi connectivity index (χ3v) is 2.49. The summed E-state index contributed by atoms with van der Waals surface area (Å²) in [5.74, 6) is 0. The molecule has 0 saturated heterocycles. The number of hydrogen-bond acceptors (Lipinski definition) is 4. The molecule has 1 rings (SSSR count). The Morgan fingerprint density at radius 2 is 2.29 bits per heavy atom. The van der Waals surface area contributed by atoms with Crippen molar-refractivity contribution < 1.29 is 10.0 Å². The van der Waals surface area contributed by atoms with E-state index in [1.165, 1.54) is 6.07 Å². The summed E-state index contributed by atoms with van der Waals surface area (Å²) in [7, 11) is 1.76. The molecule has 0 spiro atoms. The Morgan fingerprint density at radius 1 is 1.65 bits per heavy atom. The van der Waals surface area contributed by atoms with Crippen LogP contribution in [0.15, 0.2) is 30.9 Å². The van der Waals surface area contributed by atoms with Crippen LogP contribution in [0.3, 0.4) is 0 Å². The second-order valence-electron chi connectivity index (χ2n) is 3.85. The summed E-state index contributed by atoms with van der Waals surface area (Å²) in [6.07, 6.45) is 0.958. The van der Waals surface area contributed by atoms with Gasteiger partial charge in [0, 0.05) is 19.7 Å². The van der Waals surface area contributed by atoms with Gasteiger partial charge in [-0.1, -0.05) is 12.1 Å². The molecule has 0 aromatic heterocycles. The van der Waals surface area contributed by atoms with Gasteiger partial charge in [-0.25, -0.2) is 0 Å². The molecule has 0 aliphatic carbocycles. The molecule has 0 radical (unpaired) electrons. The van der Waals surface area contributed by atoms with E-state index in [0.29, 0.717) is 17.8 Å². The predicted molar refractivity (Wildman–Crippen MR) is 67.2 cm³/mol. The van der Waals surface area contributed by atoms with Crippen LogP contribution in [0, 0.1) is 10.1 Å². The Kier molecular flexibility index (Phi) is 4.23. The molecule has 1 N–H and O–H groups in total. The van der Waals surface area contributed by atoms with Crippen LogP contribution < -0.4 is 4.90 Å². The highest BCUT2D eigenvalue weighted by molar-refractivity contribution is 5.64. The summed E-state index contributed by atoms with van der Waals surface area (Å²) in [4.78, 5) is 12.3. The van der Waals surface area contributed by atoms with Gasteiger partial charge in [0.25, 0.3) is 5.69 Å². The van der Waals surface area contributed by atoms with Gasteiger partial charge >= 0.3 is 0 Å². The number of likely N-dealkylation sites (N-methyl/N-ethyl adjacent to an activating group) is 1. The summed E-state index contributed by atoms with van der Waals surface area (Å²) in [6, 6.07) is 4.73. The summed E-state index contributed by atoms with van der Waals surface area (Å²) in [6.45, 7) is 5.69. The van der Waals surface area contributed by atoms with Crippen molar-refractivity contribution in [3.05, 3.63) is 46.5 Å². The molecule has 17 heavy (non-hydrogen) atoms. The average Bonchev–Trinajstić information content (AvgIpc) is 2.28. The molecule has 0 unspecified atom stereocenters. The minimum Gasteiger partial charge on any atom is -0.389 e. The first-order valence-electron chi connectivity index (χ1n) is 5.25. The second kappa shape index (κ2) is 5.45. The fraction of sp³-hybridized carbons (Fsp3) is 0.333. The minimum absolute atomic E-state index is 0.00671. The zero-order valence-corrected chi connectivity index (χ0v) is 9.96. The van der Waals surface area contributed by atoms with E-state index in [1.54, 1.807) is 37.1 Å². The van der Waals surface area contributed by atoms with E-state index in [2.05, 4.69) is 6.58 Å². The number of aliphatic hydroxyl groups excluding tert-OH is 1. The van der Waals surface area contributed by atoms with Crippen LogP contribution in [0.2, 0.25) is 0 Å². The Labute approximate surface area is 100 Å². The zero-order valence-electron chi connectivity index (χ0n) is 9.96. The first-order valence-corrected chi connectivity index (χ1v) is 5.25. The standard InChI is InChI=1S/C12H16N2O3/c1-4-7-13(3)11-6-5-10(9(2)15)8-12(11)14(16)17/h4-6,8-9,15H,1,7H2,2-3H3/t9-/m1/s1. The molecule has 5 heteroatoms. The van der Waals surface area contributed by atoms with Crippen molar-refractivity contribution in [2.24, 2.45) is 0 Å². The quantitative estimate of drug-likeness (QED) is 0.484. The zero-order chi connectivity index (χ0) is 13.0. The summed E-state index contributed by atoms with van der Waals surface area (Å²) in [5.41, 5.74) is 1.04. The fourth-order valence-corrected chi connectivity index (χ4v) is 1.56. The second-order valence-corrected chi connectivity index (χ2v) is 3.85.